The lowest BCUT2D eigenvalue weighted by atomic mass is 10.2. The molecule has 25 heavy (non-hydrogen) atoms. The van der Waals surface area contributed by atoms with E-state index in [0.717, 1.165) is 0 Å². The number of fused-ring (bicyclic) bond motifs is 1. The lowest BCUT2D eigenvalue weighted by Gasteiger charge is -2.14. The molecule has 0 saturated heterocycles. The van der Waals surface area contributed by atoms with E-state index in [-0.39, 0.29) is 17.3 Å². The lowest BCUT2D eigenvalue weighted by molar-refractivity contribution is -0.115. The molecule has 5 nitrogen and oxygen atoms in total. The summed E-state index contributed by atoms with van der Waals surface area (Å²) in [5.41, 5.74) is 0.870. The molecule has 2 aromatic carbocycles. The lowest BCUT2D eigenvalue weighted by Crippen LogP contribution is -2.25. The van der Waals surface area contributed by atoms with Gasteiger partial charge in [-0.2, -0.15) is 0 Å². The van der Waals surface area contributed by atoms with E-state index < -0.39 is 5.25 Å². The van der Waals surface area contributed by atoms with Gasteiger partial charge in [-0.25, -0.2) is 9.37 Å². The summed E-state index contributed by atoms with van der Waals surface area (Å²) in [5.74, 6) is -0.590. The Morgan fingerprint density at radius 1 is 1.24 bits per heavy atom. The van der Waals surface area contributed by atoms with E-state index >= 15 is 0 Å². The zero-order valence-electron chi connectivity index (χ0n) is 13.5. The Labute approximate surface area is 147 Å². The van der Waals surface area contributed by atoms with E-state index in [1.54, 1.807) is 18.2 Å². The van der Waals surface area contributed by atoms with Crippen molar-refractivity contribution in [2.24, 2.45) is 0 Å². The van der Waals surface area contributed by atoms with Gasteiger partial charge < -0.3 is 10.3 Å². The molecule has 128 valence electrons. The molecule has 0 bridgehead atoms. The monoisotopic (exact) mass is 357 g/mol. The van der Waals surface area contributed by atoms with Crippen molar-refractivity contribution in [2.75, 3.05) is 5.32 Å². The third kappa shape index (κ3) is 4.06. The van der Waals surface area contributed by atoms with E-state index in [1.807, 2.05) is 13.0 Å². The van der Waals surface area contributed by atoms with Gasteiger partial charge >= 0.3 is 0 Å². The van der Waals surface area contributed by atoms with E-state index in [0.29, 0.717) is 28.2 Å². The predicted molar refractivity (Wildman–Crippen MR) is 97.3 cm³/mol. The Hall–Kier alpha value is -2.67. The molecule has 0 aliphatic carbocycles. The van der Waals surface area contributed by atoms with Gasteiger partial charge in [0.25, 0.3) is 5.56 Å². The van der Waals surface area contributed by atoms with Gasteiger partial charge in [-0.1, -0.05) is 30.8 Å². The second-order valence-corrected chi connectivity index (χ2v) is 6.59. The van der Waals surface area contributed by atoms with Crippen molar-refractivity contribution in [3.8, 4) is 0 Å². The number of para-hydroxylation sites is 1. The number of thioether (sulfide) groups is 1. The zero-order chi connectivity index (χ0) is 17.8. The van der Waals surface area contributed by atoms with E-state index in [9.17, 15) is 14.0 Å². The molecule has 7 heteroatoms. The van der Waals surface area contributed by atoms with Crippen LogP contribution in [0.2, 0.25) is 0 Å². The minimum atomic E-state index is -0.436. The largest absolute Gasteiger partial charge is 0.325 e. The molecular formula is C18H16FN3O2S. The maximum absolute atomic E-state index is 12.9. The minimum absolute atomic E-state index is 0.227. The standard InChI is InChI=1S/C18H16FN3O2S/c1-2-15(17(24)20-12-9-7-11(19)8-10-12)25-18-21-14-6-4-3-5-13(14)16(23)22-18/h3-10,15H,2H2,1H3,(H,20,24)(H,21,22,23). The highest BCUT2D eigenvalue weighted by Crippen LogP contribution is 2.24. The maximum Gasteiger partial charge on any atom is 0.259 e. The fourth-order valence-electron chi connectivity index (χ4n) is 2.33. The Kier molecular flexibility index (Phi) is 5.14. The van der Waals surface area contributed by atoms with Gasteiger partial charge in [0.1, 0.15) is 5.82 Å². The number of aromatic amines is 1. The summed E-state index contributed by atoms with van der Waals surface area (Å²) in [7, 11) is 0. The van der Waals surface area contributed by atoms with E-state index in [1.165, 1.54) is 36.0 Å². The number of anilines is 1. The molecule has 3 rings (SSSR count). The maximum atomic E-state index is 12.9. The predicted octanol–water partition coefficient (Wildman–Crippen LogP) is 3.57. The van der Waals surface area contributed by atoms with Gasteiger partial charge in [0.2, 0.25) is 5.91 Å². The fraction of sp³-hybridized carbons (Fsp3) is 0.167. The summed E-state index contributed by atoms with van der Waals surface area (Å²) < 4.78 is 12.9. The number of amides is 1. The average Bonchev–Trinajstić information content (AvgIpc) is 2.61. The molecule has 0 aliphatic heterocycles. The number of nitrogens with one attached hydrogen (secondary N) is 2. The first kappa shape index (κ1) is 17.2. The third-order valence-electron chi connectivity index (χ3n) is 3.62. The summed E-state index contributed by atoms with van der Waals surface area (Å²) >= 11 is 1.20. The van der Waals surface area contributed by atoms with Crippen LogP contribution in [-0.4, -0.2) is 21.1 Å². The van der Waals surface area contributed by atoms with Crippen molar-refractivity contribution in [3.63, 3.8) is 0 Å². The molecular weight excluding hydrogens is 341 g/mol. The van der Waals surface area contributed by atoms with Gasteiger partial charge in [0.15, 0.2) is 5.16 Å². The number of carbonyl (C=O) groups excluding carboxylic acids is 1. The number of hydrogen-bond donors (Lipinski definition) is 2. The molecule has 2 N–H and O–H groups in total. The Morgan fingerprint density at radius 2 is 1.96 bits per heavy atom. The Balaban J connectivity index is 1.78. The van der Waals surface area contributed by atoms with Crippen LogP contribution in [0.3, 0.4) is 0 Å². The van der Waals surface area contributed by atoms with Crippen LogP contribution in [0, 0.1) is 5.82 Å². The normalized spacial score (nSPS) is 12.1. The molecule has 1 unspecified atom stereocenters. The molecule has 0 spiro atoms. The van der Waals surface area contributed by atoms with Crippen molar-refractivity contribution < 1.29 is 9.18 Å². The number of hydrogen-bond acceptors (Lipinski definition) is 4. The number of halogens is 1. The van der Waals surface area contributed by atoms with Crippen LogP contribution in [0.5, 0.6) is 0 Å². The molecule has 1 atom stereocenters. The summed E-state index contributed by atoms with van der Waals surface area (Å²) in [4.78, 5) is 31.7. The number of carbonyl (C=O) groups is 1. The van der Waals surface area contributed by atoms with Gasteiger partial charge in [0.05, 0.1) is 16.2 Å². The number of aromatic nitrogens is 2. The van der Waals surface area contributed by atoms with Crippen LogP contribution < -0.4 is 10.9 Å². The number of rotatable bonds is 5. The van der Waals surface area contributed by atoms with Crippen LogP contribution in [-0.2, 0) is 4.79 Å². The Morgan fingerprint density at radius 3 is 2.68 bits per heavy atom. The van der Waals surface area contributed by atoms with Gasteiger partial charge in [0, 0.05) is 5.69 Å². The van der Waals surface area contributed by atoms with Crippen LogP contribution in [0.1, 0.15) is 13.3 Å². The third-order valence-corrected chi connectivity index (χ3v) is 4.87. The first-order valence-corrected chi connectivity index (χ1v) is 8.67. The van der Waals surface area contributed by atoms with Gasteiger partial charge in [-0.3, -0.25) is 9.59 Å². The molecule has 0 saturated carbocycles. The van der Waals surface area contributed by atoms with Crippen molar-refractivity contribution in [2.45, 2.75) is 23.8 Å². The minimum Gasteiger partial charge on any atom is -0.325 e. The molecule has 1 heterocycles. The fourth-order valence-corrected chi connectivity index (χ4v) is 3.24. The molecule has 1 amide bonds. The molecule has 0 aliphatic rings. The molecule has 1 aromatic heterocycles. The molecule has 0 radical (unpaired) electrons. The SMILES string of the molecule is CCC(Sc1nc2ccccc2c(=O)[nH]1)C(=O)Nc1ccc(F)cc1. The van der Waals surface area contributed by atoms with Crippen LogP contribution in [0.25, 0.3) is 10.9 Å². The van der Waals surface area contributed by atoms with Crippen molar-refractivity contribution in [1.29, 1.82) is 0 Å². The van der Waals surface area contributed by atoms with Crippen LogP contribution >= 0.6 is 11.8 Å². The van der Waals surface area contributed by atoms with Crippen molar-refractivity contribution >= 4 is 34.3 Å². The first-order chi connectivity index (χ1) is 12.1. The smallest absolute Gasteiger partial charge is 0.259 e. The van der Waals surface area contributed by atoms with Gasteiger partial charge in [-0.15, -0.1) is 0 Å². The zero-order valence-corrected chi connectivity index (χ0v) is 14.3. The highest BCUT2D eigenvalue weighted by Gasteiger charge is 2.20. The van der Waals surface area contributed by atoms with Crippen LogP contribution in [0.15, 0.2) is 58.5 Å². The highest BCUT2D eigenvalue weighted by molar-refractivity contribution is 8.00. The second kappa shape index (κ2) is 7.48. The number of nitrogens with zero attached hydrogens (tertiary/aromatic N) is 1. The van der Waals surface area contributed by atoms with Crippen molar-refractivity contribution in [3.05, 3.63) is 64.7 Å². The van der Waals surface area contributed by atoms with Gasteiger partial charge in [-0.05, 0) is 42.8 Å². The summed E-state index contributed by atoms with van der Waals surface area (Å²) in [6, 6.07) is 12.6. The summed E-state index contributed by atoms with van der Waals surface area (Å²) in [5, 5.41) is 3.21. The second-order valence-electron chi connectivity index (χ2n) is 5.40. The quantitative estimate of drug-likeness (QED) is 0.541. The molecule has 0 fully saturated rings. The van der Waals surface area contributed by atoms with E-state index in [4.69, 9.17) is 0 Å². The number of benzene rings is 2. The average molecular weight is 357 g/mol. The first-order valence-electron chi connectivity index (χ1n) is 7.79. The topological polar surface area (TPSA) is 74.8 Å². The van der Waals surface area contributed by atoms with Crippen molar-refractivity contribution in [1.82, 2.24) is 9.97 Å². The molecule has 3 aromatic rings. The summed E-state index contributed by atoms with van der Waals surface area (Å²) in [6.07, 6.45) is 0.550. The highest BCUT2D eigenvalue weighted by atomic mass is 32.2. The van der Waals surface area contributed by atoms with Crippen LogP contribution in [0.4, 0.5) is 10.1 Å². The Bertz CT molecular complexity index is 956. The van der Waals surface area contributed by atoms with E-state index in [2.05, 4.69) is 15.3 Å². The summed E-state index contributed by atoms with van der Waals surface area (Å²) in [6.45, 7) is 1.88. The number of H-pyrrole nitrogens is 1.